The van der Waals surface area contributed by atoms with Gasteiger partial charge in [-0.05, 0) is 48.2 Å². The Bertz CT molecular complexity index is 1240. The Morgan fingerprint density at radius 1 is 1.09 bits per heavy atom. The molecule has 1 atom stereocenters. The van der Waals surface area contributed by atoms with Gasteiger partial charge in [-0.2, -0.15) is 0 Å². The number of hydrogen-bond acceptors (Lipinski definition) is 5. The fourth-order valence-corrected chi connectivity index (χ4v) is 4.39. The van der Waals surface area contributed by atoms with Crippen molar-refractivity contribution in [3.8, 4) is 0 Å². The zero-order valence-corrected chi connectivity index (χ0v) is 20.1. The summed E-state index contributed by atoms with van der Waals surface area (Å²) < 4.78 is 0. The zero-order valence-electron chi connectivity index (χ0n) is 19.3. The van der Waals surface area contributed by atoms with Gasteiger partial charge in [-0.25, -0.2) is 0 Å². The van der Waals surface area contributed by atoms with Crippen molar-refractivity contribution in [1.29, 1.82) is 0 Å². The monoisotopic (exact) mass is 496 g/mol. The molecule has 1 unspecified atom stereocenters. The molecular weight excluding hydrogens is 472 g/mol. The highest BCUT2D eigenvalue weighted by atomic mass is 35.5. The number of anilines is 2. The van der Waals surface area contributed by atoms with Crippen molar-refractivity contribution < 1.29 is 24.0 Å². The quantitative estimate of drug-likeness (QED) is 0.529. The Morgan fingerprint density at radius 2 is 1.80 bits per heavy atom. The molecule has 2 aliphatic heterocycles. The summed E-state index contributed by atoms with van der Waals surface area (Å²) in [7, 11) is 0. The fraction of sp³-hybridized carbons (Fsp3) is 0.320. The SMILES string of the molecule is CC(C)CC(=O)Nc1ccc(Cl)c(C(=O)Nc2ccc3c(c2)C(=O)N(C2CCC(=O)NC2=O)C3)c1. The maximum Gasteiger partial charge on any atom is 0.257 e. The molecule has 5 amide bonds. The number of rotatable bonds is 6. The van der Waals surface area contributed by atoms with E-state index in [-0.39, 0.29) is 53.6 Å². The van der Waals surface area contributed by atoms with Crippen LogP contribution in [0, 0.1) is 5.92 Å². The summed E-state index contributed by atoms with van der Waals surface area (Å²) in [5.74, 6) is -1.63. The molecule has 4 rings (SSSR count). The number of halogens is 1. The van der Waals surface area contributed by atoms with Crippen molar-refractivity contribution in [2.24, 2.45) is 5.92 Å². The van der Waals surface area contributed by atoms with Crippen molar-refractivity contribution in [3.63, 3.8) is 0 Å². The first-order valence-corrected chi connectivity index (χ1v) is 11.7. The van der Waals surface area contributed by atoms with Gasteiger partial charge in [0.15, 0.2) is 0 Å². The predicted molar refractivity (Wildman–Crippen MR) is 130 cm³/mol. The van der Waals surface area contributed by atoms with E-state index in [4.69, 9.17) is 11.6 Å². The summed E-state index contributed by atoms with van der Waals surface area (Å²) in [6, 6.07) is 8.89. The highest BCUT2D eigenvalue weighted by molar-refractivity contribution is 6.34. The number of benzene rings is 2. The molecule has 2 aliphatic rings. The normalized spacial score (nSPS) is 17.3. The summed E-state index contributed by atoms with van der Waals surface area (Å²) in [5.41, 5.74) is 2.12. The van der Waals surface area contributed by atoms with Gasteiger partial charge in [0.05, 0.1) is 10.6 Å². The Morgan fingerprint density at radius 3 is 2.51 bits per heavy atom. The molecule has 0 aliphatic carbocycles. The number of nitrogens with one attached hydrogen (secondary N) is 3. The van der Waals surface area contributed by atoms with Crippen LogP contribution in [-0.4, -0.2) is 40.5 Å². The average molecular weight is 497 g/mol. The lowest BCUT2D eigenvalue weighted by molar-refractivity contribution is -0.137. The van der Waals surface area contributed by atoms with E-state index in [1.807, 2.05) is 13.8 Å². The summed E-state index contributed by atoms with van der Waals surface area (Å²) in [4.78, 5) is 63.1. The van der Waals surface area contributed by atoms with Crippen LogP contribution in [0.25, 0.3) is 0 Å². The number of imide groups is 1. The molecule has 2 heterocycles. The number of carbonyl (C=O) groups excluding carboxylic acids is 5. The number of carbonyl (C=O) groups is 5. The Labute approximate surface area is 207 Å². The first kappa shape index (κ1) is 24.4. The van der Waals surface area contributed by atoms with E-state index in [9.17, 15) is 24.0 Å². The smallest absolute Gasteiger partial charge is 0.257 e. The van der Waals surface area contributed by atoms with Crippen LogP contribution < -0.4 is 16.0 Å². The van der Waals surface area contributed by atoms with Gasteiger partial charge >= 0.3 is 0 Å². The van der Waals surface area contributed by atoms with Gasteiger partial charge < -0.3 is 15.5 Å². The summed E-state index contributed by atoms with van der Waals surface area (Å²) in [6.07, 6.45) is 0.801. The van der Waals surface area contributed by atoms with Crippen LogP contribution >= 0.6 is 11.6 Å². The second-order valence-electron chi connectivity index (χ2n) is 9.07. The van der Waals surface area contributed by atoms with Crippen molar-refractivity contribution >= 4 is 52.5 Å². The standard InChI is InChI=1S/C25H25ClN4O5/c1-13(2)9-22(32)27-15-5-6-19(26)18(11-15)23(33)28-16-4-3-14-12-30(25(35)17(14)10-16)20-7-8-21(31)29-24(20)34/h3-6,10-11,13,20H,7-9,12H2,1-2H3,(H,27,32)(H,28,33)(H,29,31,34). The molecule has 9 nitrogen and oxygen atoms in total. The van der Waals surface area contributed by atoms with E-state index in [0.29, 0.717) is 23.4 Å². The average Bonchev–Trinajstić information content (AvgIpc) is 3.10. The highest BCUT2D eigenvalue weighted by Gasteiger charge is 2.39. The lowest BCUT2D eigenvalue weighted by Crippen LogP contribution is -2.52. The maximum atomic E-state index is 13.0. The lowest BCUT2D eigenvalue weighted by Gasteiger charge is -2.29. The van der Waals surface area contributed by atoms with Crippen LogP contribution in [0.15, 0.2) is 36.4 Å². The molecule has 0 aromatic heterocycles. The van der Waals surface area contributed by atoms with E-state index < -0.39 is 17.9 Å². The number of piperidine rings is 1. The minimum Gasteiger partial charge on any atom is -0.326 e. The van der Waals surface area contributed by atoms with Gasteiger partial charge in [-0.15, -0.1) is 0 Å². The third kappa shape index (κ3) is 5.35. The van der Waals surface area contributed by atoms with Crippen molar-refractivity contribution in [2.45, 2.75) is 45.7 Å². The van der Waals surface area contributed by atoms with E-state index in [1.165, 1.54) is 17.0 Å². The van der Waals surface area contributed by atoms with Crippen LogP contribution in [0.2, 0.25) is 5.02 Å². The Balaban J connectivity index is 1.48. The first-order chi connectivity index (χ1) is 16.6. The lowest BCUT2D eigenvalue weighted by atomic mass is 10.0. The Kier molecular flexibility index (Phi) is 6.88. The van der Waals surface area contributed by atoms with Crippen LogP contribution in [0.5, 0.6) is 0 Å². The van der Waals surface area contributed by atoms with Gasteiger partial charge in [0.1, 0.15) is 6.04 Å². The van der Waals surface area contributed by atoms with E-state index in [2.05, 4.69) is 16.0 Å². The van der Waals surface area contributed by atoms with Crippen LogP contribution in [0.4, 0.5) is 11.4 Å². The maximum absolute atomic E-state index is 13.0. The number of hydrogen-bond donors (Lipinski definition) is 3. The molecule has 182 valence electrons. The Hall–Kier alpha value is -3.72. The highest BCUT2D eigenvalue weighted by Crippen LogP contribution is 2.30. The molecular formula is C25H25ClN4O5. The second kappa shape index (κ2) is 9.87. The molecule has 10 heteroatoms. The number of amides is 5. The fourth-order valence-electron chi connectivity index (χ4n) is 4.19. The minimum atomic E-state index is -0.710. The molecule has 1 fully saturated rings. The molecule has 0 radical (unpaired) electrons. The first-order valence-electron chi connectivity index (χ1n) is 11.3. The van der Waals surface area contributed by atoms with Crippen molar-refractivity contribution in [2.75, 3.05) is 10.6 Å². The van der Waals surface area contributed by atoms with Gasteiger partial charge in [0.25, 0.3) is 11.8 Å². The third-order valence-corrected chi connectivity index (χ3v) is 6.20. The van der Waals surface area contributed by atoms with Crippen LogP contribution in [0.3, 0.4) is 0 Å². The number of fused-ring (bicyclic) bond motifs is 1. The largest absolute Gasteiger partial charge is 0.326 e. The van der Waals surface area contributed by atoms with E-state index in [1.54, 1.807) is 24.3 Å². The summed E-state index contributed by atoms with van der Waals surface area (Å²) in [6.45, 7) is 4.12. The molecule has 0 saturated carbocycles. The van der Waals surface area contributed by atoms with Crippen molar-refractivity contribution in [3.05, 3.63) is 58.1 Å². The van der Waals surface area contributed by atoms with Crippen LogP contribution in [-0.2, 0) is 20.9 Å². The topological polar surface area (TPSA) is 125 Å². The second-order valence-corrected chi connectivity index (χ2v) is 9.47. The molecule has 35 heavy (non-hydrogen) atoms. The van der Waals surface area contributed by atoms with E-state index >= 15 is 0 Å². The molecule has 3 N–H and O–H groups in total. The summed E-state index contributed by atoms with van der Waals surface area (Å²) in [5, 5.41) is 7.99. The third-order valence-electron chi connectivity index (χ3n) is 5.87. The molecule has 2 aromatic carbocycles. The summed E-state index contributed by atoms with van der Waals surface area (Å²) >= 11 is 6.23. The number of nitrogens with zero attached hydrogens (tertiary/aromatic N) is 1. The zero-order chi connectivity index (χ0) is 25.3. The van der Waals surface area contributed by atoms with Gasteiger partial charge in [-0.3, -0.25) is 29.3 Å². The predicted octanol–water partition coefficient (Wildman–Crippen LogP) is 3.34. The van der Waals surface area contributed by atoms with Gasteiger partial charge in [-0.1, -0.05) is 31.5 Å². The molecule has 2 aromatic rings. The molecule has 0 bridgehead atoms. The molecule has 1 saturated heterocycles. The van der Waals surface area contributed by atoms with Crippen molar-refractivity contribution in [1.82, 2.24) is 10.2 Å². The van der Waals surface area contributed by atoms with Gasteiger partial charge in [0, 0.05) is 36.3 Å². The van der Waals surface area contributed by atoms with E-state index in [0.717, 1.165) is 5.56 Å². The molecule has 0 spiro atoms. The van der Waals surface area contributed by atoms with Gasteiger partial charge in [0.2, 0.25) is 17.7 Å². The van der Waals surface area contributed by atoms with Crippen LogP contribution in [0.1, 0.15) is 59.4 Å². The minimum absolute atomic E-state index is 0.161.